The van der Waals surface area contributed by atoms with E-state index in [1.807, 2.05) is 6.07 Å². The Kier molecular flexibility index (Phi) is 4.40. The van der Waals surface area contributed by atoms with E-state index < -0.39 is 11.6 Å². The van der Waals surface area contributed by atoms with Crippen molar-refractivity contribution < 1.29 is 14.3 Å². The van der Waals surface area contributed by atoms with E-state index in [0.29, 0.717) is 36.4 Å². The molecule has 4 rings (SSSR count). The number of amides is 3. The molecule has 1 aliphatic heterocycles. The van der Waals surface area contributed by atoms with Crippen molar-refractivity contribution in [1.82, 2.24) is 0 Å². The lowest BCUT2D eigenvalue weighted by Gasteiger charge is -2.33. The van der Waals surface area contributed by atoms with Crippen LogP contribution in [0.1, 0.15) is 30.4 Å². The molecule has 1 saturated carbocycles. The molecule has 1 fully saturated rings. The molecule has 2 aliphatic rings. The number of carbonyl (C=O) groups is 2. The SMILES string of the molecule is N#Cc1ccccc1OC1(C(=O)N2CCCc3c(NC(N)=O)cccc32)CC1. The molecular weight excluding hydrogens is 356 g/mol. The highest BCUT2D eigenvalue weighted by Crippen LogP contribution is 2.45. The summed E-state index contributed by atoms with van der Waals surface area (Å²) in [6.07, 6.45) is 2.75. The fourth-order valence-corrected chi connectivity index (χ4v) is 3.66. The van der Waals surface area contributed by atoms with E-state index in [-0.39, 0.29) is 5.91 Å². The number of nitrogens with one attached hydrogen (secondary N) is 1. The van der Waals surface area contributed by atoms with Gasteiger partial charge in [0.05, 0.1) is 5.56 Å². The highest BCUT2D eigenvalue weighted by atomic mass is 16.5. The number of nitrogens with zero attached hydrogens (tertiary/aromatic N) is 2. The van der Waals surface area contributed by atoms with Gasteiger partial charge in [0.25, 0.3) is 5.91 Å². The zero-order chi connectivity index (χ0) is 19.7. The topological polar surface area (TPSA) is 108 Å². The number of hydrogen-bond donors (Lipinski definition) is 2. The minimum atomic E-state index is -0.936. The Balaban J connectivity index is 1.63. The summed E-state index contributed by atoms with van der Waals surface area (Å²) >= 11 is 0. The lowest BCUT2D eigenvalue weighted by atomic mass is 9.98. The van der Waals surface area contributed by atoms with Gasteiger partial charge in [-0.1, -0.05) is 18.2 Å². The number of fused-ring (bicyclic) bond motifs is 1. The summed E-state index contributed by atoms with van der Waals surface area (Å²) in [5, 5.41) is 11.9. The second-order valence-electron chi connectivity index (χ2n) is 7.06. The van der Waals surface area contributed by atoms with Crippen molar-refractivity contribution in [1.29, 1.82) is 5.26 Å². The van der Waals surface area contributed by atoms with Gasteiger partial charge in [-0.2, -0.15) is 5.26 Å². The predicted molar refractivity (Wildman–Crippen MR) is 104 cm³/mol. The number of primary amides is 1. The van der Waals surface area contributed by atoms with Crippen LogP contribution in [0.3, 0.4) is 0 Å². The lowest BCUT2D eigenvalue weighted by molar-refractivity contribution is -0.127. The minimum absolute atomic E-state index is 0.114. The summed E-state index contributed by atoms with van der Waals surface area (Å²) in [6.45, 7) is 0.580. The lowest BCUT2D eigenvalue weighted by Crippen LogP contribution is -2.46. The van der Waals surface area contributed by atoms with Gasteiger partial charge in [-0.25, -0.2) is 4.79 Å². The Hall–Kier alpha value is -3.53. The molecule has 0 saturated heterocycles. The molecule has 3 amide bonds. The quantitative estimate of drug-likeness (QED) is 0.855. The van der Waals surface area contributed by atoms with Crippen LogP contribution in [-0.2, 0) is 11.2 Å². The summed E-state index contributed by atoms with van der Waals surface area (Å²) in [5.41, 5.74) is 7.04. The molecule has 0 spiro atoms. The maximum Gasteiger partial charge on any atom is 0.316 e. The normalized spacial score (nSPS) is 16.5. The van der Waals surface area contributed by atoms with Gasteiger partial charge in [0.2, 0.25) is 0 Å². The summed E-state index contributed by atoms with van der Waals surface area (Å²) in [4.78, 5) is 26.4. The Labute approximate surface area is 162 Å². The number of carbonyl (C=O) groups excluding carboxylic acids is 2. The Bertz CT molecular complexity index is 991. The van der Waals surface area contributed by atoms with E-state index in [1.165, 1.54) is 0 Å². The second kappa shape index (κ2) is 6.89. The Morgan fingerprint density at radius 3 is 2.68 bits per heavy atom. The van der Waals surface area contributed by atoms with Gasteiger partial charge >= 0.3 is 6.03 Å². The molecule has 7 nitrogen and oxygen atoms in total. The van der Waals surface area contributed by atoms with E-state index in [1.54, 1.807) is 41.3 Å². The molecule has 0 bridgehead atoms. The van der Waals surface area contributed by atoms with Crippen molar-refractivity contribution in [3.05, 3.63) is 53.6 Å². The van der Waals surface area contributed by atoms with E-state index in [9.17, 15) is 14.9 Å². The van der Waals surface area contributed by atoms with Gasteiger partial charge in [0.15, 0.2) is 5.60 Å². The van der Waals surface area contributed by atoms with E-state index in [2.05, 4.69) is 11.4 Å². The summed E-state index contributed by atoms with van der Waals surface area (Å²) in [5.74, 6) is 0.314. The van der Waals surface area contributed by atoms with Crippen molar-refractivity contribution in [3.63, 3.8) is 0 Å². The summed E-state index contributed by atoms with van der Waals surface area (Å²) < 4.78 is 6.06. The van der Waals surface area contributed by atoms with Crippen molar-refractivity contribution in [2.75, 3.05) is 16.8 Å². The number of benzene rings is 2. The molecular formula is C21H20N4O3. The number of nitrogens with two attached hydrogens (primary N) is 1. The van der Waals surface area contributed by atoms with Crippen molar-refractivity contribution in [2.24, 2.45) is 5.73 Å². The molecule has 142 valence electrons. The number of anilines is 2. The maximum absolute atomic E-state index is 13.4. The largest absolute Gasteiger partial charge is 0.476 e. The van der Waals surface area contributed by atoms with Gasteiger partial charge in [0, 0.05) is 30.8 Å². The van der Waals surface area contributed by atoms with Crippen molar-refractivity contribution >= 4 is 23.3 Å². The van der Waals surface area contributed by atoms with E-state index in [4.69, 9.17) is 10.5 Å². The van der Waals surface area contributed by atoms with Crippen molar-refractivity contribution in [3.8, 4) is 11.8 Å². The third-order valence-corrected chi connectivity index (χ3v) is 5.16. The zero-order valence-corrected chi connectivity index (χ0v) is 15.3. The van der Waals surface area contributed by atoms with Crippen LogP contribution < -0.4 is 20.7 Å². The number of urea groups is 1. The standard InChI is InChI=1S/C21H20N4O3/c22-13-14-5-1-2-9-18(14)28-21(10-11-21)19(26)25-12-4-6-15-16(24-20(23)27)7-3-8-17(15)25/h1-3,5,7-9H,4,6,10-12H2,(H3,23,24,27). The number of nitriles is 1. The highest BCUT2D eigenvalue weighted by Gasteiger charge is 2.55. The molecule has 0 aromatic heterocycles. The first-order valence-electron chi connectivity index (χ1n) is 9.22. The van der Waals surface area contributed by atoms with E-state index >= 15 is 0 Å². The van der Waals surface area contributed by atoms with Gasteiger partial charge in [-0.15, -0.1) is 0 Å². The van der Waals surface area contributed by atoms with Crippen LogP contribution in [0.5, 0.6) is 5.75 Å². The minimum Gasteiger partial charge on any atom is -0.476 e. The molecule has 1 aliphatic carbocycles. The van der Waals surface area contributed by atoms with Crippen LogP contribution in [-0.4, -0.2) is 24.1 Å². The molecule has 28 heavy (non-hydrogen) atoms. The smallest absolute Gasteiger partial charge is 0.316 e. The number of ether oxygens (including phenoxy) is 1. The van der Waals surface area contributed by atoms with Crippen LogP contribution in [0.2, 0.25) is 0 Å². The first kappa shape index (κ1) is 17.9. The maximum atomic E-state index is 13.4. The molecule has 0 atom stereocenters. The number of para-hydroxylation sites is 1. The van der Waals surface area contributed by atoms with Crippen LogP contribution in [0.15, 0.2) is 42.5 Å². The predicted octanol–water partition coefficient (Wildman–Crippen LogP) is 2.94. The van der Waals surface area contributed by atoms with Gasteiger partial charge in [0.1, 0.15) is 11.8 Å². The first-order valence-corrected chi connectivity index (χ1v) is 9.22. The number of hydrogen-bond acceptors (Lipinski definition) is 4. The molecule has 7 heteroatoms. The van der Waals surface area contributed by atoms with Crippen LogP contribution >= 0.6 is 0 Å². The second-order valence-corrected chi connectivity index (χ2v) is 7.06. The van der Waals surface area contributed by atoms with Gasteiger partial charge < -0.3 is 20.7 Å². The first-order chi connectivity index (χ1) is 13.5. The summed E-state index contributed by atoms with van der Waals surface area (Å²) in [6, 6.07) is 13.9. The highest BCUT2D eigenvalue weighted by molar-refractivity contribution is 6.03. The molecule has 2 aromatic carbocycles. The molecule has 3 N–H and O–H groups in total. The fourth-order valence-electron chi connectivity index (χ4n) is 3.66. The fraction of sp³-hybridized carbons (Fsp3) is 0.286. The average Bonchev–Trinajstić information content (AvgIpc) is 3.48. The zero-order valence-electron chi connectivity index (χ0n) is 15.3. The Morgan fingerprint density at radius 2 is 1.96 bits per heavy atom. The molecule has 0 unspecified atom stereocenters. The molecule has 1 heterocycles. The van der Waals surface area contributed by atoms with Crippen molar-refractivity contribution in [2.45, 2.75) is 31.3 Å². The summed E-state index contributed by atoms with van der Waals surface area (Å²) in [7, 11) is 0. The van der Waals surface area contributed by atoms with Crippen LogP contribution in [0.4, 0.5) is 16.2 Å². The van der Waals surface area contributed by atoms with E-state index in [0.717, 1.165) is 24.1 Å². The van der Waals surface area contributed by atoms with Gasteiger partial charge in [-0.3, -0.25) is 4.79 Å². The third kappa shape index (κ3) is 3.14. The van der Waals surface area contributed by atoms with Crippen LogP contribution in [0, 0.1) is 11.3 Å². The molecule has 0 radical (unpaired) electrons. The average molecular weight is 376 g/mol. The van der Waals surface area contributed by atoms with Crippen LogP contribution in [0.25, 0.3) is 0 Å². The Morgan fingerprint density at radius 1 is 1.18 bits per heavy atom. The number of rotatable bonds is 4. The monoisotopic (exact) mass is 376 g/mol. The molecule has 2 aromatic rings. The van der Waals surface area contributed by atoms with Gasteiger partial charge in [-0.05, 0) is 42.7 Å². The third-order valence-electron chi connectivity index (χ3n) is 5.16.